The Bertz CT molecular complexity index is 1080. The molecule has 1 aliphatic rings. The average molecular weight is 389 g/mol. The number of rotatable bonds is 6. The van der Waals surface area contributed by atoms with E-state index in [2.05, 4.69) is 10.3 Å². The van der Waals surface area contributed by atoms with E-state index in [-0.39, 0.29) is 17.5 Å². The smallest absolute Gasteiger partial charge is 0.277 e. The summed E-state index contributed by atoms with van der Waals surface area (Å²) >= 11 is 0. The van der Waals surface area contributed by atoms with Crippen LogP contribution in [0.5, 0.6) is 5.75 Å². The first-order chi connectivity index (χ1) is 14.0. The highest BCUT2D eigenvalue weighted by Gasteiger charge is 2.29. The zero-order chi connectivity index (χ0) is 20.4. The molecule has 0 aliphatic heterocycles. The van der Waals surface area contributed by atoms with Crippen molar-refractivity contribution in [2.75, 3.05) is 12.4 Å². The lowest BCUT2D eigenvalue weighted by molar-refractivity contribution is -0.384. The molecule has 2 aromatic carbocycles. The molecule has 1 heterocycles. The highest BCUT2D eigenvalue weighted by atomic mass is 16.6. The van der Waals surface area contributed by atoms with Gasteiger partial charge < -0.3 is 10.1 Å². The number of nitro benzene ring substituents is 1. The van der Waals surface area contributed by atoms with Crippen molar-refractivity contribution in [2.24, 2.45) is 5.92 Å². The van der Waals surface area contributed by atoms with E-state index >= 15 is 0 Å². The van der Waals surface area contributed by atoms with Crippen LogP contribution in [0.15, 0.2) is 60.8 Å². The van der Waals surface area contributed by atoms with Crippen LogP contribution in [0, 0.1) is 16.0 Å². The third kappa shape index (κ3) is 4.08. The van der Waals surface area contributed by atoms with Crippen LogP contribution in [0.1, 0.15) is 12.8 Å². The average Bonchev–Trinajstić information content (AvgIpc) is 3.59. The van der Waals surface area contributed by atoms with Gasteiger partial charge in [-0.3, -0.25) is 14.9 Å². The Morgan fingerprint density at radius 2 is 1.79 bits per heavy atom. The number of carbonyl (C=O) groups excluding carboxylic acids is 1. The number of aromatic nitrogens is 1. The van der Waals surface area contributed by atoms with Gasteiger partial charge in [0, 0.05) is 18.2 Å². The van der Waals surface area contributed by atoms with E-state index in [9.17, 15) is 14.9 Å². The van der Waals surface area contributed by atoms with E-state index < -0.39 is 4.92 Å². The summed E-state index contributed by atoms with van der Waals surface area (Å²) in [5.41, 5.74) is 2.67. The molecule has 1 aromatic heterocycles. The maximum atomic E-state index is 12.0. The fourth-order valence-electron chi connectivity index (χ4n) is 3.13. The second-order valence-corrected chi connectivity index (χ2v) is 6.91. The quantitative estimate of drug-likeness (QED) is 0.488. The largest absolute Gasteiger partial charge is 0.497 e. The zero-order valence-electron chi connectivity index (χ0n) is 15.8. The summed E-state index contributed by atoms with van der Waals surface area (Å²) in [4.78, 5) is 27.5. The van der Waals surface area contributed by atoms with Crippen molar-refractivity contribution < 1.29 is 14.5 Å². The molecule has 7 heteroatoms. The van der Waals surface area contributed by atoms with Crippen LogP contribution >= 0.6 is 0 Å². The number of nitro groups is 1. The van der Waals surface area contributed by atoms with E-state index in [1.165, 1.54) is 0 Å². The van der Waals surface area contributed by atoms with Gasteiger partial charge in [-0.05, 0) is 59.9 Å². The second-order valence-electron chi connectivity index (χ2n) is 6.91. The van der Waals surface area contributed by atoms with Crippen molar-refractivity contribution in [1.82, 2.24) is 4.98 Å². The lowest BCUT2D eigenvalue weighted by atomic mass is 9.98. The molecule has 4 rings (SSSR count). The van der Waals surface area contributed by atoms with Crippen LogP contribution in [0.2, 0.25) is 0 Å². The van der Waals surface area contributed by atoms with E-state index in [1.807, 2.05) is 30.3 Å². The summed E-state index contributed by atoms with van der Waals surface area (Å²) in [7, 11) is 1.59. The van der Waals surface area contributed by atoms with Gasteiger partial charge in [0.25, 0.3) is 5.69 Å². The summed E-state index contributed by atoms with van der Waals surface area (Å²) in [6, 6.07) is 15.8. The summed E-state index contributed by atoms with van der Waals surface area (Å²) in [5.74, 6) is 1.11. The second kappa shape index (κ2) is 7.71. The van der Waals surface area contributed by atoms with Gasteiger partial charge in [0.2, 0.25) is 5.91 Å². The van der Waals surface area contributed by atoms with Gasteiger partial charge in [0.15, 0.2) is 0 Å². The first-order valence-corrected chi connectivity index (χ1v) is 9.25. The molecule has 1 saturated carbocycles. The Morgan fingerprint density at radius 3 is 2.45 bits per heavy atom. The van der Waals surface area contributed by atoms with Crippen molar-refractivity contribution in [1.29, 1.82) is 0 Å². The SMILES string of the molecule is COc1ccc(-c2ccc(-c3ccnc(NC(=O)C4CC4)c3)c([N+](=O)[O-])c2)cc1. The van der Waals surface area contributed by atoms with Crippen LogP contribution in [-0.4, -0.2) is 22.9 Å². The Kier molecular flexibility index (Phi) is 4.95. The van der Waals surface area contributed by atoms with E-state index in [1.54, 1.807) is 37.6 Å². The van der Waals surface area contributed by atoms with Crippen molar-refractivity contribution in [3.8, 4) is 28.0 Å². The van der Waals surface area contributed by atoms with Gasteiger partial charge in [-0.25, -0.2) is 4.98 Å². The number of amides is 1. The van der Waals surface area contributed by atoms with Gasteiger partial charge in [0.05, 0.1) is 17.6 Å². The van der Waals surface area contributed by atoms with E-state index in [0.717, 1.165) is 29.7 Å². The molecular weight excluding hydrogens is 370 g/mol. The number of carbonyl (C=O) groups is 1. The first kappa shape index (κ1) is 18.6. The number of ether oxygens (including phenoxy) is 1. The molecule has 3 aromatic rings. The van der Waals surface area contributed by atoms with Crippen LogP contribution in [0.3, 0.4) is 0 Å². The van der Waals surface area contributed by atoms with E-state index in [0.29, 0.717) is 16.9 Å². The minimum absolute atomic E-state index is 0.0102. The summed E-state index contributed by atoms with van der Waals surface area (Å²) in [6.45, 7) is 0. The Morgan fingerprint density at radius 1 is 1.07 bits per heavy atom. The third-order valence-corrected chi connectivity index (χ3v) is 4.89. The minimum Gasteiger partial charge on any atom is -0.497 e. The minimum atomic E-state index is -0.398. The van der Waals surface area contributed by atoms with E-state index in [4.69, 9.17) is 4.74 Å². The normalized spacial score (nSPS) is 13.0. The summed E-state index contributed by atoms with van der Waals surface area (Å²) in [6.07, 6.45) is 3.33. The highest BCUT2D eigenvalue weighted by molar-refractivity contribution is 5.94. The zero-order valence-corrected chi connectivity index (χ0v) is 15.8. The molecule has 0 spiro atoms. The van der Waals surface area contributed by atoms with Crippen LogP contribution in [0.25, 0.3) is 22.3 Å². The number of nitrogens with one attached hydrogen (secondary N) is 1. The molecule has 1 N–H and O–H groups in total. The van der Waals surface area contributed by atoms with Crippen molar-refractivity contribution in [2.45, 2.75) is 12.8 Å². The number of nitrogens with zero attached hydrogens (tertiary/aromatic N) is 2. The molecule has 1 fully saturated rings. The van der Waals surface area contributed by atoms with Crippen molar-refractivity contribution in [3.05, 3.63) is 70.9 Å². The molecule has 0 atom stereocenters. The molecule has 29 heavy (non-hydrogen) atoms. The number of methoxy groups -OCH3 is 1. The number of pyridine rings is 1. The Labute approximate surface area is 167 Å². The number of hydrogen-bond donors (Lipinski definition) is 1. The molecule has 1 aliphatic carbocycles. The number of hydrogen-bond acceptors (Lipinski definition) is 5. The maximum absolute atomic E-state index is 12.0. The predicted molar refractivity (Wildman–Crippen MR) is 110 cm³/mol. The molecule has 0 saturated heterocycles. The molecule has 0 bridgehead atoms. The fourth-order valence-corrected chi connectivity index (χ4v) is 3.13. The summed E-state index contributed by atoms with van der Waals surface area (Å²) in [5, 5.41) is 14.5. The van der Waals surface area contributed by atoms with Crippen LogP contribution < -0.4 is 10.1 Å². The van der Waals surface area contributed by atoms with Gasteiger partial charge in [-0.2, -0.15) is 0 Å². The lowest BCUT2D eigenvalue weighted by Crippen LogP contribution is -2.14. The molecule has 146 valence electrons. The Hall–Kier alpha value is -3.74. The fraction of sp³-hybridized carbons (Fsp3) is 0.182. The van der Waals surface area contributed by atoms with Gasteiger partial charge in [-0.1, -0.05) is 18.2 Å². The maximum Gasteiger partial charge on any atom is 0.277 e. The van der Waals surface area contributed by atoms with Gasteiger partial charge in [-0.15, -0.1) is 0 Å². The molecule has 0 radical (unpaired) electrons. The third-order valence-electron chi connectivity index (χ3n) is 4.89. The lowest BCUT2D eigenvalue weighted by Gasteiger charge is -2.09. The topological polar surface area (TPSA) is 94.4 Å². The van der Waals surface area contributed by atoms with Crippen molar-refractivity contribution >= 4 is 17.4 Å². The molecule has 0 unspecified atom stereocenters. The first-order valence-electron chi connectivity index (χ1n) is 9.25. The Balaban J connectivity index is 1.68. The monoisotopic (exact) mass is 389 g/mol. The number of benzene rings is 2. The van der Waals surface area contributed by atoms with Crippen LogP contribution in [-0.2, 0) is 4.79 Å². The number of anilines is 1. The predicted octanol–water partition coefficient (Wildman–Crippen LogP) is 4.68. The standard InChI is InChI=1S/C22H19N3O4/c1-29-18-7-4-14(5-8-18)16-6-9-19(20(12-16)25(27)28)17-10-11-23-21(13-17)24-22(26)15-2-3-15/h4-13,15H,2-3H2,1H3,(H,23,24,26). The van der Waals surface area contributed by atoms with Crippen molar-refractivity contribution in [3.63, 3.8) is 0 Å². The van der Waals surface area contributed by atoms with Gasteiger partial charge >= 0.3 is 0 Å². The molecular formula is C22H19N3O4. The van der Waals surface area contributed by atoms with Gasteiger partial charge in [0.1, 0.15) is 11.6 Å². The molecule has 7 nitrogen and oxygen atoms in total. The highest BCUT2D eigenvalue weighted by Crippen LogP contribution is 2.35. The van der Waals surface area contributed by atoms with Crippen LogP contribution in [0.4, 0.5) is 11.5 Å². The summed E-state index contributed by atoms with van der Waals surface area (Å²) < 4.78 is 5.16. The molecule has 1 amide bonds.